The highest BCUT2D eigenvalue weighted by Gasteiger charge is 2.31. The maximum absolute atomic E-state index is 13.4. The van der Waals surface area contributed by atoms with Crippen LogP contribution in [-0.4, -0.2) is 16.1 Å². The van der Waals surface area contributed by atoms with Crippen molar-refractivity contribution in [2.24, 2.45) is 0 Å². The maximum Gasteiger partial charge on any atom is 0.416 e. The van der Waals surface area contributed by atoms with Gasteiger partial charge in [0.1, 0.15) is 18.2 Å². The molecule has 1 heterocycles. The molecule has 1 aromatic heterocycles. The Balaban J connectivity index is 1.80. The first-order chi connectivity index (χ1) is 12.2. The lowest BCUT2D eigenvalue weighted by molar-refractivity contribution is -0.137. The predicted molar refractivity (Wildman–Crippen MR) is 84.4 cm³/mol. The Morgan fingerprint density at radius 2 is 1.88 bits per heavy atom. The van der Waals surface area contributed by atoms with Crippen LogP contribution < -0.4 is 4.74 Å². The Bertz CT molecular complexity index is 986. The van der Waals surface area contributed by atoms with Gasteiger partial charge in [-0.05, 0) is 42.0 Å². The number of nitrogens with zero attached hydrogens (tertiary/aromatic N) is 1. The Morgan fingerprint density at radius 1 is 1.12 bits per heavy atom. The van der Waals surface area contributed by atoms with Crippen molar-refractivity contribution < 1.29 is 32.2 Å². The number of fused-ring (bicyclic) bond motifs is 1. The van der Waals surface area contributed by atoms with Crippen LogP contribution in [0.5, 0.6) is 5.75 Å². The first kappa shape index (κ1) is 17.7. The van der Waals surface area contributed by atoms with E-state index in [1.54, 1.807) is 6.07 Å². The molecule has 8 heteroatoms. The predicted octanol–water partition coefficient (Wildman–Crippen LogP) is 4.67. The average Bonchev–Trinajstić information content (AvgIpc) is 2.58. The van der Waals surface area contributed by atoms with Gasteiger partial charge in [-0.3, -0.25) is 4.98 Å². The van der Waals surface area contributed by atoms with Crippen LogP contribution >= 0.6 is 0 Å². The molecule has 4 nitrogen and oxygen atoms in total. The van der Waals surface area contributed by atoms with E-state index in [0.717, 1.165) is 12.1 Å². The summed E-state index contributed by atoms with van der Waals surface area (Å²) in [5.74, 6) is -1.79. The lowest BCUT2D eigenvalue weighted by Gasteiger charge is -2.11. The highest BCUT2D eigenvalue weighted by atomic mass is 19.4. The third-order valence-electron chi connectivity index (χ3n) is 3.59. The number of aromatic nitrogens is 1. The van der Waals surface area contributed by atoms with Crippen LogP contribution in [0.4, 0.5) is 17.6 Å². The van der Waals surface area contributed by atoms with Crippen LogP contribution in [0.2, 0.25) is 0 Å². The van der Waals surface area contributed by atoms with Crippen LogP contribution in [0.15, 0.2) is 48.7 Å². The van der Waals surface area contributed by atoms with Crippen LogP contribution in [0.25, 0.3) is 10.9 Å². The lowest BCUT2D eigenvalue weighted by Crippen LogP contribution is -2.07. The second-order valence-corrected chi connectivity index (χ2v) is 5.52. The number of carboxylic acids is 1. The SMILES string of the molecule is O=C(O)c1cnc2cc(OCc3cc(F)cc(C(F)(F)F)c3)ccc2c1. The van der Waals surface area contributed by atoms with E-state index in [1.165, 1.54) is 24.4 Å². The van der Waals surface area contributed by atoms with E-state index in [1.807, 2.05) is 0 Å². The van der Waals surface area contributed by atoms with E-state index in [0.29, 0.717) is 22.7 Å². The molecule has 0 unspecified atom stereocenters. The summed E-state index contributed by atoms with van der Waals surface area (Å²) in [6.07, 6.45) is -3.46. The molecule has 0 amide bonds. The van der Waals surface area contributed by atoms with E-state index in [4.69, 9.17) is 9.84 Å². The van der Waals surface area contributed by atoms with Gasteiger partial charge in [-0.1, -0.05) is 0 Å². The zero-order valence-electron chi connectivity index (χ0n) is 13.0. The first-order valence-electron chi connectivity index (χ1n) is 7.35. The minimum Gasteiger partial charge on any atom is -0.489 e. The van der Waals surface area contributed by atoms with Crippen molar-refractivity contribution in [1.29, 1.82) is 0 Å². The highest BCUT2D eigenvalue weighted by molar-refractivity contribution is 5.92. The zero-order valence-corrected chi connectivity index (χ0v) is 13.0. The summed E-state index contributed by atoms with van der Waals surface area (Å²) in [4.78, 5) is 14.9. The largest absolute Gasteiger partial charge is 0.489 e. The number of ether oxygens (including phenoxy) is 1. The number of carboxylic acid groups (broad SMARTS) is 1. The minimum absolute atomic E-state index is 0.0330. The second kappa shape index (κ2) is 6.62. The van der Waals surface area contributed by atoms with Crippen LogP contribution in [-0.2, 0) is 12.8 Å². The molecular formula is C18H11F4NO3. The van der Waals surface area contributed by atoms with Gasteiger partial charge in [-0.25, -0.2) is 9.18 Å². The second-order valence-electron chi connectivity index (χ2n) is 5.52. The molecule has 0 atom stereocenters. The molecule has 134 valence electrons. The van der Waals surface area contributed by atoms with Crippen LogP contribution in [0.1, 0.15) is 21.5 Å². The van der Waals surface area contributed by atoms with Gasteiger partial charge in [0.15, 0.2) is 0 Å². The summed E-state index contributed by atoms with van der Waals surface area (Å²) < 4.78 is 56.9. The number of carbonyl (C=O) groups is 1. The average molecular weight is 365 g/mol. The number of aromatic carboxylic acids is 1. The summed E-state index contributed by atoms with van der Waals surface area (Å²) in [6, 6.07) is 8.27. The van der Waals surface area contributed by atoms with Gasteiger partial charge in [0, 0.05) is 17.6 Å². The summed E-state index contributed by atoms with van der Waals surface area (Å²) in [5.41, 5.74) is -0.558. The summed E-state index contributed by atoms with van der Waals surface area (Å²) >= 11 is 0. The number of halogens is 4. The van der Waals surface area contributed by atoms with Gasteiger partial charge >= 0.3 is 12.1 Å². The summed E-state index contributed by atoms with van der Waals surface area (Å²) in [6.45, 7) is -0.264. The number of pyridine rings is 1. The highest BCUT2D eigenvalue weighted by Crippen LogP contribution is 2.31. The number of alkyl halides is 3. The van der Waals surface area contributed by atoms with Gasteiger partial charge in [0.2, 0.25) is 0 Å². The van der Waals surface area contributed by atoms with Crippen molar-refractivity contribution in [2.75, 3.05) is 0 Å². The van der Waals surface area contributed by atoms with Crippen molar-refractivity contribution in [2.45, 2.75) is 12.8 Å². The minimum atomic E-state index is -4.65. The Hall–Kier alpha value is -3.16. The number of rotatable bonds is 4. The van der Waals surface area contributed by atoms with Gasteiger partial charge < -0.3 is 9.84 Å². The standard InChI is InChI=1S/C18H11F4NO3/c19-14-4-10(3-13(6-14)18(20,21)22)9-26-15-2-1-11-5-12(17(24)25)8-23-16(11)7-15/h1-8H,9H2,(H,24,25). The zero-order chi connectivity index (χ0) is 18.9. The molecule has 0 bridgehead atoms. The summed E-state index contributed by atoms with van der Waals surface area (Å²) in [7, 11) is 0. The van der Waals surface area contributed by atoms with Crippen molar-refractivity contribution in [3.05, 3.63) is 71.2 Å². The fourth-order valence-corrected chi connectivity index (χ4v) is 2.37. The van der Waals surface area contributed by atoms with Crippen molar-refractivity contribution in [3.63, 3.8) is 0 Å². The lowest BCUT2D eigenvalue weighted by atomic mass is 10.1. The molecule has 0 fully saturated rings. The smallest absolute Gasteiger partial charge is 0.416 e. The van der Waals surface area contributed by atoms with Gasteiger partial charge in [0.25, 0.3) is 0 Å². The quantitative estimate of drug-likeness (QED) is 0.683. The molecule has 0 saturated heterocycles. The number of benzene rings is 2. The van der Waals surface area contributed by atoms with Crippen LogP contribution in [0.3, 0.4) is 0 Å². The summed E-state index contributed by atoms with van der Waals surface area (Å²) in [5, 5.41) is 9.51. The Kier molecular flexibility index (Phi) is 4.50. The van der Waals surface area contributed by atoms with Gasteiger partial charge in [-0.2, -0.15) is 13.2 Å². The first-order valence-corrected chi connectivity index (χ1v) is 7.35. The fraction of sp³-hybridized carbons (Fsp3) is 0.111. The molecule has 26 heavy (non-hydrogen) atoms. The van der Waals surface area contributed by atoms with E-state index in [9.17, 15) is 22.4 Å². The monoisotopic (exact) mass is 365 g/mol. The third-order valence-corrected chi connectivity index (χ3v) is 3.59. The molecule has 1 N–H and O–H groups in total. The molecule has 0 saturated carbocycles. The molecule has 0 spiro atoms. The Labute approximate surface area is 144 Å². The van der Waals surface area contributed by atoms with Crippen molar-refractivity contribution in [3.8, 4) is 5.75 Å². The molecule has 2 aromatic carbocycles. The van der Waals surface area contributed by atoms with Gasteiger partial charge in [-0.15, -0.1) is 0 Å². The van der Waals surface area contributed by atoms with E-state index in [-0.39, 0.29) is 17.7 Å². The van der Waals surface area contributed by atoms with Gasteiger partial charge in [0.05, 0.1) is 16.6 Å². The number of hydrogen-bond donors (Lipinski definition) is 1. The van der Waals surface area contributed by atoms with Crippen LogP contribution in [0, 0.1) is 5.82 Å². The molecule has 3 aromatic rings. The van der Waals surface area contributed by atoms with Crippen molar-refractivity contribution in [1.82, 2.24) is 4.98 Å². The third kappa shape index (κ3) is 3.90. The molecule has 0 aliphatic carbocycles. The van der Waals surface area contributed by atoms with Crippen molar-refractivity contribution >= 4 is 16.9 Å². The molecule has 0 radical (unpaired) electrons. The maximum atomic E-state index is 13.4. The van der Waals surface area contributed by atoms with E-state index in [2.05, 4.69) is 4.98 Å². The van der Waals surface area contributed by atoms with E-state index >= 15 is 0 Å². The molecule has 0 aliphatic rings. The number of hydrogen-bond acceptors (Lipinski definition) is 3. The topological polar surface area (TPSA) is 59.4 Å². The molecule has 3 rings (SSSR count). The molecular weight excluding hydrogens is 354 g/mol. The fourth-order valence-electron chi connectivity index (χ4n) is 2.37. The Morgan fingerprint density at radius 3 is 2.58 bits per heavy atom. The normalized spacial score (nSPS) is 11.5. The van der Waals surface area contributed by atoms with E-state index < -0.39 is 23.5 Å². The molecule has 0 aliphatic heterocycles.